The van der Waals surface area contributed by atoms with Gasteiger partial charge in [0.2, 0.25) is 5.91 Å². The lowest BCUT2D eigenvalue weighted by Gasteiger charge is -2.26. The summed E-state index contributed by atoms with van der Waals surface area (Å²) < 4.78 is 0. The van der Waals surface area contributed by atoms with Crippen LogP contribution in [0.3, 0.4) is 0 Å². The molecule has 3 aromatic carbocycles. The molecule has 0 saturated carbocycles. The number of nitrogens with zero attached hydrogens (tertiary/aromatic N) is 1. The summed E-state index contributed by atoms with van der Waals surface area (Å²) in [7, 11) is 0. The molecule has 31 heavy (non-hydrogen) atoms. The molecule has 0 spiro atoms. The summed E-state index contributed by atoms with van der Waals surface area (Å²) in [6.45, 7) is 2.34. The summed E-state index contributed by atoms with van der Waals surface area (Å²) in [5.74, 6) is -0.484. The highest BCUT2D eigenvalue weighted by Crippen LogP contribution is 2.45. The number of aryl methyl sites for hydroxylation is 1. The molecule has 5 heteroatoms. The van der Waals surface area contributed by atoms with Gasteiger partial charge < -0.3 is 15.6 Å². The molecule has 5 rings (SSSR count). The van der Waals surface area contributed by atoms with Crippen LogP contribution in [0.15, 0.2) is 72.8 Å². The van der Waals surface area contributed by atoms with Crippen molar-refractivity contribution in [2.75, 3.05) is 6.54 Å². The number of hydrogen-bond donors (Lipinski definition) is 2. The van der Waals surface area contributed by atoms with Crippen molar-refractivity contribution in [1.29, 1.82) is 0 Å². The summed E-state index contributed by atoms with van der Waals surface area (Å²) in [6.07, 6.45) is 0.123. The third-order valence-corrected chi connectivity index (χ3v) is 6.02. The average Bonchev–Trinajstić information content (AvgIpc) is 3.28. The SMILES string of the molecule is Cc1ccc(-c2[nH]c3ccccc3c2C2c3ccccc3C(=O)N2CCC(N)=O)cc1. The van der Waals surface area contributed by atoms with E-state index in [1.54, 1.807) is 4.90 Å². The van der Waals surface area contributed by atoms with Crippen molar-refractivity contribution in [3.8, 4) is 11.3 Å². The summed E-state index contributed by atoms with van der Waals surface area (Å²) in [5, 5.41) is 1.07. The quantitative estimate of drug-likeness (QED) is 0.507. The number of primary amides is 1. The maximum Gasteiger partial charge on any atom is 0.255 e. The van der Waals surface area contributed by atoms with Gasteiger partial charge in [0, 0.05) is 35.0 Å². The zero-order valence-corrected chi connectivity index (χ0v) is 17.3. The minimum Gasteiger partial charge on any atom is -0.370 e. The van der Waals surface area contributed by atoms with E-state index in [-0.39, 0.29) is 24.9 Å². The van der Waals surface area contributed by atoms with Crippen molar-refractivity contribution in [2.45, 2.75) is 19.4 Å². The number of nitrogens with one attached hydrogen (secondary N) is 1. The fourth-order valence-corrected chi connectivity index (χ4v) is 4.54. The van der Waals surface area contributed by atoms with Crippen LogP contribution in [-0.4, -0.2) is 28.2 Å². The number of carbonyl (C=O) groups is 2. The molecule has 154 valence electrons. The van der Waals surface area contributed by atoms with Crippen LogP contribution in [0.2, 0.25) is 0 Å². The molecule has 1 atom stereocenters. The van der Waals surface area contributed by atoms with Gasteiger partial charge in [-0.2, -0.15) is 0 Å². The second-order valence-corrected chi connectivity index (χ2v) is 8.03. The Morgan fingerprint density at radius 3 is 2.48 bits per heavy atom. The molecule has 0 saturated heterocycles. The average molecular weight is 409 g/mol. The number of carbonyl (C=O) groups excluding carboxylic acids is 2. The van der Waals surface area contributed by atoms with Crippen molar-refractivity contribution >= 4 is 22.7 Å². The molecule has 4 aromatic rings. The molecule has 0 radical (unpaired) electrons. The maximum atomic E-state index is 13.3. The first-order chi connectivity index (χ1) is 15.0. The molecule has 1 aliphatic rings. The smallest absolute Gasteiger partial charge is 0.255 e. The van der Waals surface area contributed by atoms with Crippen molar-refractivity contribution in [3.63, 3.8) is 0 Å². The van der Waals surface area contributed by atoms with Gasteiger partial charge in [-0.25, -0.2) is 0 Å². The van der Waals surface area contributed by atoms with Crippen molar-refractivity contribution < 1.29 is 9.59 Å². The van der Waals surface area contributed by atoms with Crippen LogP contribution in [-0.2, 0) is 4.79 Å². The molecular weight excluding hydrogens is 386 g/mol. The number of aromatic nitrogens is 1. The zero-order valence-electron chi connectivity index (χ0n) is 17.3. The Balaban J connectivity index is 1.76. The van der Waals surface area contributed by atoms with E-state index < -0.39 is 5.91 Å². The number of para-hydroxylation sites is 1. The second-order valence-electron chi connectivity index (χ2n) is 8.03. The van der Waals surface area contributed by atoms with Gasteiger partial charge in [-0.05, 0) is 30.2 Å². The lowest BCUT2D eigenvalue weighted by Crippen LogP contribution is -2.32. The van der Waals surface area contributed by atoms with Crippen LogP contribution < -0.4 is 5.73 Å². The standard InChI is InChI=1S/C26H23N3O2/c1-16-10-12-17(13-11-16)24-23(20-8-4-5-9-21(20)28-24)25-18-6-2-3-7-19(18)26(31)29(25)15-14-22(27)30/h2-13,25,28H,14-15H2,1H3,(H2,27,30). The van der Waals surface area contributed by atoms with E-state index in [1.807, 2.05) is 42.5 Å². The monoisotopic (exact) mass is 409 g/mol. The highest BCUT2D eigenvalue weighted by Gasteiger charge is 2.39. The number of hydrogen-bond acceptors (Lipinski definition) is 2. The first kappa shape index (κ1) is 19.1. The lowest BCUT2D eigenvalue weighted by atomic mass is 9.93. The molecule has 0 aliphatic carbocycles. The van der Waals surface area contributed by atoms with Gasteiger partial charge in [-0.1, -0.05) is 66.2 Å². The number of aromatic amines is 1. The second kappa shape index (κ2) is 7.43. The van der Waals surface area contributed by atoms with E-state index in [2.05, 4.69) is 42.2 Å². The minimum absolute atomic E-state index is 0.0676. The maximum absolute atomic E-state index is 13.3. The summed E-state index contributed by atoms with van der Waals surface area (Å²) >= 11 is 0. The molecule has 1 unspecified atom stereocenters. The van der Waals surface area contributed by atoms with E-state index in [4.69, 9.17) is 5.73 Å². The Morgan fingerprint density at radius 1 is 1.00 bits per heavy atom. The van der Waals surface area contributed by atoms with E-state index in [0.717, 1.165) is 33.3 Å². The number of rotatable bonds is 5. The van der Waals surface area contributed by atoms with E-state index >= 15 is 0 Å². The Kier molecular flexibility index (Phi) is 4.59. The van der Waals surface area contributed by atoms with Crippen LogP contribution in [0.25, 0.3) is 22.2 Å². The predicted molar refractivity (Wildman–Crippen MR) is 122 cm³/mol. The molecule has 2 heterocycles. The Bertz CT molecular complexity index is 1300. The number of H-pyrrole nitrogens is 1. The Morgan fingerprint density at radius 2 is 1.71 bits per heavy atom. The van der Waals surface area contributed by atoms with Gasteiger partial charge in [-0.3, -0.25) is 9.59 Å². The zero-order chi connectivity index (χ0) is 21.5. The van der Waals surface area contributed by atoms with E-state index in [0.29, 0.717) is 5.56 Å². The highest BCUT2D eigenvalue weighted by atomic mass is 16.2. The molecule has 2 amide bonds. The molecule has 5 nitrogen and oxygen atoms in total. The largest absolute Gasteiger partial charge is 0.370 e. The van der Waals surface area contributed by atoms with E-state index in [1.165, 1.54) is 5.56 Å². The first-order valence-corrected chi connectivity index (χ1v) is 10.4. The molecule has 1 aliphatic heterocycles. The van der Waals surface area contributed by atoms with Crippen LogP contribution in [0.4, 0.5) is 0 Å². The molecular formula is C26H23N3O2. The van der Waals surface area contributed by atoms with Crippen LogP contribution in [0.1, 0.15) is 39.5 Å². The number of benzene rings is 3. The third kappa shape index (κ3) is 3.19. The van der Waals surface area contributed by atoms with Crippen molar-refractivity contribution in [3.05, 3.63) is 95.1 Å². The van der Waals surface area contributed by atoms with Gasteiger partial charge in [0.1, 0.15) is 0 Å². The fraction of sp³-hybridized carbons (Fsp3) is 0.154. The highest BCUT2D eigenvalue weighted by molar-refractivity contribution is 6.02. The summed E-state index contributed by atoms with van der Waals surface area (Å²) in [4.78, 5) is 30.2. The molecule has 1 aromatic heterocycles. The van der Waals surface area contributed by atoms with Gasteiger partial charge >= 0.3 is 0 Å². The molecule has 0 fully saturated rings. The van der Waals surface area contributed by atoms with Crippen molar-refractivity contribution in [1.82, 2.24) is 9.88 Å². The van der Waals surface area contributed by atoms with E-state index in [9.17, 15) is 9.59 Å². The summed E-state index contributed by atoms with van der Waals surface area (Å²) in [6, 6.07) is 23.9. The van der Waals surface area contributed by atoms with Gasteiger partial charge in [-0.15, -0.1) is 0 Å². The topological polar surface area (TPSA) is 79.2 Å². The summed E-state index contributed by atoms with van der Waals surface area (Å²) in [5.41, 5.74) is 12.3. The molecule has 3 N–H and O–H groups in total. The van der Waals surface area contributed by atoms with Crippen LogP contribution >= 0.6 is 0 Å². The third-order valence-electron chi connectivity index (χ3n) is 6.02. The Hall–Kier alpha value is -3.86. The fourth-order valence-electron chi connectivity index (χ4n) is 4.54. The Labute approximate surface area is 180 Å². The minimum atomic E-state index is -0.416. The number of fused-ring (bicyclic) bond motifs is 2. The van der Waals surface area contributed by atoms with Crippen LogP contribution in [0, 0.1) is 6.92 Å². The lowest BCUT2D eigenvalue weighted by molar-refractivity contribution is -0.118. The number of nitrogens with two attached hydrogens (primary N) is 1. The van der Waals surface area contributed by atoms with Gasteiger partial charge in [0.25, 0.3) is 5.91 Å². The van der Waals surface area contributed by atoms with Gasteiger partial charge in [0.15, 0.2) is 0 Å². The normalized spacial score (nSPS) is 15.5. The van der Waals surface area contributed by atoms with Gasteiger partial charge in [0.05, 0.1) is 11.7 Å². The van der Waals surface area contributed by atoms with Crippen molar-refractivity contribution in [2.24, 2.45) is 5.73 Å². The first-order valence-electron chi connectivity index (χ1n) is 10.4. The molecule has 0 bridgehead atoms. The number of amides is 2. The van der Waals surface area contributed by atoms with Crippen LogP contribution in [0.5, 0.6) is 0 Å². The predicted octanol–water partition coefficient (Wildman–Crippen LogP) is 4.56.